The zero-order valence-electron chi connectivity index (χ0n) is 9.79. The first-order valence-corrected chi connectivity index (χ1v) is 6.37. The summed E-state index contributed by atoms with van der Waals surface area (Å²) in [6.07, 6.45) is 0.612. The van der Waals surface area contributed by atoms with E-state index in [0.717, 1.165) is 0 Å². The number of ether oxygens (including phenoxy) is 1. The minimum absolute atomic E-state index is 0.0145. The lowest BCUT2D eigenvalue weighted by molar-refractivity contribution is 0.0866. The van der Waals surface area contributed by atoms with E-state index in [9.17, 15) is 9.18 Å². The number of hydrogen-bond acceptors (Lipinski definition) is 3. The second-order valence-corrected chi connectivity index (χ2v) is 4.40. The molecule has 0 bridgehead atoms. The molecule has 100 valence electrons. The van der Waals surface area contributed by atoms with E-state index >= 15 is 0 Å². The number of hydrogen-bond donors (Lipinski definition) is 2. The molecule has 2 N–H and O–H groups in total. The molecule has 0 heterocycles. The third-order valence-electron chi connectivity index (χ3n) is 2.18. The van der Waals surface area contributed by atoms with Crippen molar-refractivity contribution in [1.29, 1.82) is 0 Å². The van der Waals surface area contributed by atoms with E-state index in [4.69, 9.17) is 9.84 Å². The number of rotatable bonds is 7. The summed E-state index contributed by atoms with van der Waals surface area (Å²) in [6, 6.07) is 4.57. The Morgan fingerprint density at radius 2 is 2.22 bits per heavy atom. The molecule has 0 aliphatic carbocycles. The number of carbonyl (C=O) groups is 1. The van der Waals surface area contributed by atoms with Crippen molar-refractivity contribution >= 4 is 21.8 Å². The highest BCUT2D eigenvalue weighted by atomic mass is 79.9. The molecule has 0 saturated carbocycles. The van der Waals surface area contributed by atoms with Gasteiger partial charge in [0.2, 0.25) is 0 Å². The lowest BCUT2D eigenvalue weighted by atomic mass is 10.2. The Morgan fingerprint density at radius 1 is 1.44 bits per heavy atom. The Morgan fingerprint density at radius 3 is 2.94 bits per heavy atom. The van der Waals surface area contributed by atoms with Crippen LogP contribution in [0, 0.1) is 5.82 Å². The highest BCUT2D eigenvalue weighted by Gasteiger charge is 2.12. The molecule has 0 atom stereocenters. The molecule has 0 aliphatic rings. The second-order valence-electron chi connectivity index (χ2n) is 3.55. The largest absolute Gasteiger partial charge is 0.394 e. The van der Waals surface area contributed by atoms with Crippen molar-refractivity contribution < 1.29 is 19.0 Å². The minimum atomic E-state index is -0.563. The maximum atomic E-state index is 13.6. The van der Waals surface area contributed by atoms with Crippen molar-refractivity contribution in [1.82, 2.24) is 5.32 Å². The normalized spacial score (nSPS) is 10.4. The Hall–Kier alpha value is -0.980. The number of nitrogens with one attached hydrogen (secondary N) is 1. The van der Waals surface area contributed by atoms with Gasteiger partial charge in [-0.3, -0.25) is 4.79 Å². The van der Waals surface area contributed by atoms with Crippen LogP contribution in [0.15, 0.2) is 22.7 Å². The van der Waals surface area contributed by atoms with E-state index in [2.05, 4.69) is 21.2 Å². The van der Waals surface area contributed by atoms with Gasteiger partial charge >= 0.3 is 0 Å². The Labute approximate surface area is 113 Å². The van der Waals surface area contributed by atoms with E-state index in [1.165, 1.54) is 12.1 Å². The fourth-order valence-corrected chi connectivity index (χ4v) is 1.68. The summed E-state index contributed by atoms with van der Waals surface area (Å²) < 4.78 is 18.9. The number of amides is 1. The lowest BCUT2D eigenvalue weighted by Gasteiger charge is -2.07. The van der Waals surface area contributed by atoms with Crippen LogP contribution in [0.5, 0.6) is 0 Å². The zero-order valence-corrected chi connectivity index (χ0v) is 11.4. The Balaban J connectivity index is 2.35. The van der Waals surface area contributed by atoms with Crippen LogP contribution in [0.4, 0.5) is 4.39 Å². The Bertz CT molecular complexity index is 401. The SMILES string of the molecule is O=C(NCCCOCCO)c1cccc(Br)c1F. The van der Waals surface area contributed by atoms with Crippen molar-refractivity contribution in [2.75, 3.05) is 26.4 Å². The molecule has 1 rings (SSSR count). The topological polar surface area (TPSA) is 58.6 Å². The van der Waals surface area contributed by atoms with Gasteiger partial charge in [-0.15, -0.1) is 0 Å². The quantitative estimate of drug-likeness (QED) is 0.752. The zero-order chi connectivity index (χ0) is 13.4. The van der Waals surface area contributed by atoms with Gasteiger partial charge in [0.05, 0.1) is 23.2 Å². The maximum Gasteiger partial charge on any atom is 0.254 e. The predicted molar refractivity (Wildman–Crippen MR) is 69.0 cm³/mol. The van der Waals surface area contributed by atoms with Gasteiger partial charge in [0, 0.05) is 13.2 Å². The first-order valence-electron chi connectivity index (χ1n) is 5.57. The van der Waals surface area contributed by atoms with Crippen LogP contribution in [0.25, 0.3) is 0 Å². The first kappa shape index (κ1) is 15.1. The molecule has 1 aromatic rings. The highest BCUT2D eigenvalue weighted by molar-refractivity contribution is 9.10. The van der Waals surface area contributed by atoms with Crippen molar-refractivity contribution in [3.63, 3.8) is 0 Å². The van der Waals surface area contributed by atoms with Gasteiger partial charge in [-0.2, -0.15) is 0 Å². The van der Waals surface area contributed by atoms with Gasteiger partial charge in [0.25, 0.3) is 5.91 Å². The van der Waals surface area contributed by atoms with Crippen molar-refractivity contribution in [3.8, 4) is 0 Å². The molecular weight excluding hydrogens is 305 g/mol. The monoisotopic (exact) mass is 319 g/mol. The number of aliphatic hydroxyl groups excluding tert-OH is 1. The third kappa shape index (κ3) is 4.72. The van der Waals surface area contributed by atoms with Crippen molar-refractivity contribution in [2.45, 2.75) is 6.42 Å². The van der Waals surface area contributed by atoms with Crippen molar-refractivity contribution in [3.05, 3.63) is 34.1 Å². The van der Waals surface area contributed by atoms with Crippen LogP contribution in [-0.4, -0.2) is 37.4 Å². The molecule has 0 aliphatic heterocycles. The van der Waals surface area contributed by atoms with E-state index < -0.39 is 11.7 Å². The maximum absolute atomic E-state index is 13.6. The van der Waals surface area contributed by atoms with Crippen LogP contribution in [0.3, 0.4) is 0 Å². The van der Waals surface area contributed by atoms with Gasteiger partial charge < -0.3 is 15.2 Å². The van der Waals surface area contributed by atoms with E-state index in [-0.39, 0.29) is 23.2 Å². The number of carbonyl (C=O) groups excluding carboxylic acids is 1. The first-order chi connectivity index (χ1) is 8.66. The van der Waals surface area contributed by atoms with Crippen LogP contribution >= 0.6 is 15.9 Å². The fourth-order valence-electron chi connectivity index (χ4n) is 1.32. The molecule has 0 unspecified atom stereocenters. The smallest absolute Gasteiger partial charge is 0.254 e. The minimum Gasteiger partial charge on any atom is -0.394 e. The molecule has 0 saturated heterocycles. The summed E-state index contributed by atoms with van der Waals surface area (Å²) >= 11 is 3.03. The summed E-state index contributed by atoms with van der Waals surface area (Å²) in [5.41, 5.74) is 0.0145. The molecular formula is C12H15BrFNO3. The van der Waals surface area contributed by atoms with Gasteiger partial charge in [-0.1, -0.05) is 6.07 Å². The van der Waals surface area contributed by atoms with Gasteiger partial charge in [-0.25, -0.2) is 4.39 Å². The highest BCUT2D eigenvalue weighted by Crippen LogP contribution is 2.18. The summed E-state index contributed by atoms with van der Waals surface area (Å²) in [5, 5.41) is 11.1. The van der Waals surface area contributed by atoms with Gasteiger partial charge in [-0.05, 0) is 34.5 Å². The number of aliphatic hydroxyl groups is 1. The predicted octanol–water partition coefficient (Wildman–Crippen LogP) is 1.72. The molecule has 0 fully saturated rings. The number of halogens is 2. The second kappa shape index (κ2) is 8.18. The molecule has 1 aromatic carbocycles. The molecule has 0 spiro atoms. The van der Waals surface area contributed by atoms with E-state index in [1.54, 1.807) is 6.07 Å². The van der Waals surface area contributed by atoms with Crippen LogP contribution in [-0.2, 0) is 4.74 Å². The summed E-state index contributed by atoms with van der Waals surface area (Å²) in [5.74, 6) is -1.01. The van der Waals surface area contributed by atoms with Crippen LogP contribution in [0.2, 0.25) is 0 Å². The summed E-state index contributed by atoms with van der Waals surface area (Å²) in [6.45, 7) is 1.11. The average Bonchev–Trinajstić information content (AvgIpc) is 2.36. The molecule has 0 aromatic heterocycles. The van der Waals surface area contributed by atoms with E-state index in [1.807, 2.05) is 0 Å². The number of benzene rings is 1. The van der Waals surface area contributed by atoms with Gasteiger partial charge in [0.15, 0.2) is 0 Å². The molecule has 6 heteroatoms. The van der Waals surface area contributed by atoms with Gasteiger partial charge in [0.1, 0.15) is 5.82 Å². The third-order valence-corrected chi connectivity index (χ3v) is 2.80. The van der Waals surface area contributed by atoms with Crippen molar-refractivity contribution in [2.24, 2.45) is 0 Å². The molecule has 1 amide bonds. The van der Waals surface area contributed by atoms with Crippen LogP contribution in [0.1, 0.15) is 16.8 Å². The standard InChI is InChI=1S/C12H15BrFNO3/c13-10-4-1-3-9(11(10)14)12(17)15-5-2-7-18-8-6-16/h1,3-4,16H,2,5-8H2,(H,15,17). The summed E-state index contributed by atoms with van der Waals surface area (Å²) in [7, 11) is 0. The molecule has 4 nitrogen and oxygen atoms in total. The molecule has 0 radical (unpaired) electrons. The fraction of sp³-hybridized carbons (Fsp3) is 0.417. The van der Waals surface area contributed by atoms with E-state index in [0.29, 0.717) is 19.6 Å². The Kier molecular flexibility index (Phi) is 6.85. The summed E-state index contributed by atoms with van der Waals surface area (Å²) in [4.78, 5) is 11.7. The average molecular weight is 320 g/mol. The van der Waals surface area contributed by atoms with Crippen LogP contribution < -0.4 is 5.32 Å². The lowest BCUT2D eigenvalue weighted by Crippen LogP contribution is -2.26. The molecule has 18 heavy (non-hydrogen) atoms.